The minimum atomic E-state index is -0.350. The Bertz CT molecular complexity index is 1550. The number of halogens is 2. The van der Waals surface area contributed by atoms with Crippen molar-refractivity contribution < 1.29 is 19.1 Å². The van der Waals surface area contributed by atoms with Gasteiger partial charge in [-0.25, -0.2) is 0 Å². The van der Waals surface area contributed by atoms with Crippen LogP contribution in [0.25, 0.3) is 16.8 Å². The molecule has 0 atom stereocenters. The van der Waals surface area contributed by atoms with Crippen molar-refractivity contribution in [3.05, 3.63) is 111 Å². The highest BCUT2D eigenvalue weighted by molar-refractivity contribution is 8.18. The molecule has 2 amide bonds. The fraction of sp³-hybridized carbons (Fsp3) is 0.103. The van der Waals surface area contributed by atoms with E-state index in [-0.39, 0.29) is 24.3 Å². The molecule has 37 heavy (non-hydrogen) atoms. The predicted molar refractivity (Wildman–Crippen MR) is 149 cm³/mol. The number of nitrogens with zero attached hydrogens (tertiary/aromatic N) is 1. The van der Waals surface area contributed by atoms with Crippen LogP contribution in [-0.2, 0) is 17.9 Å². The number of benzene rings is 4. The Hall–Kier alpha value is -3.45. The summed E-state index contributed by atoms with van der Waals surface area (Å²) in [6, 6.07) is 24.3. The average molecular weight is 550 g/mol. The molecule has 1 saturated heterocycles. The molecule has 0 saturated carbocycles. The molecule has 4 aromatic rings. The van der Waals surface area contributed by atoms with Gasteiger partial charge in [-0.3, -0.25) is 14.5 Å². The van der Waals surface area contributed by atoms with Crippen LogP contribution < -0.4 is 9.47 Å². The van der Waals surface area contributed by atoms with Crippen LogP contribution in [0.5, 0.6) is 11.5 Å². The minimum absolute atomic E-state index is 0.166. The quantitative estimate of drug-likeness (QED) is 0.219. The largest absolute Gasteiger partial charge is 0.493 e. The molecule has 0 unspecified atom stereocenters. The van der Waals surface area contributed by atoms with Gasteiger partial charge in [-0.1, -0.05) is 83.9 Å². The van der Waals surface area contributed by atoms with Crippen molar-refractivity contribution in [1.29, 1.82) is 0 Å². The molecule has 1 aliphatic heterocycles. The fourth-order valence-corrected chi connectivity index (χ4v) is 5.42. The first kappa shape index (κ1) is 25.2. The Labute approximate surface area is 228 Å². The highest BCUT2D eigenvalue weighted by atomic mass is 35.5. The lowest BCUT2D eigenvalue weighted by Crippen LogP contribution is -2.27. The van der Waals surface area contributed by atoms with E-state index in [2.05, 4.69) is 0 Å². The summed E-state index contributed by atoms with van der Waals surface area (Å²) < 4.78 is 11.6. The second kappa shape index (κ2) is 10.9. The molecule has 5 rings (SSSR count). The molecule has 0 N–H and O–H groups in total. The third-order valence-electron chi connectivity index (χ3n) is 5.98. The second-order valence-electron chi connectivity index (χ2n) is 8.31. The van der Waals surface area contributed by atoms with Gasteiger partial charge in [0.05, 0.1) is 18.6 Å². The van der Waals surface area contributed by atoms with Gasteiger partial charge in [0.2, 0.25) is 0 Å². The van der Waals surface area contributed by atoms with Crippen LogP contribution >= 0.6 is 35.0 Å². The van der Waals surface area contributed by atoms with Gasteiger partial charge in [0, 0.05) is 21.2 Å². The number of fused-ring (bicyclic) bond motifs is 1. The van der Waals surface area contributed by atoms with E-state index < -0.39 is 0 Å². The van der Waals surface area contributed by atoms with E-state index >= 15 is 0 Å². The highest BCUT2D eigenvalue weighted by Gasteiger charge is 2.35. The Morgan fingerprint density at radius 1 is 0.919 bits per heavy atom. The topological polar surface area (TPSA) is 55.8 Å². The number of thioether (sulfide) groups is 1. The van der Waals surface area contributed by atoms with E-state index in [9.17, 15) is 9.59 Å². The monoisotopic (exact) mass is 549 g/mol. The summed E-state index contributed by atoms with van der Waals surface area (Å²) in [7, 11) is 1.54. The fourth-order valence-electron chi connectivity index (χ4n) is 4.13. The number of imide groups is 1. The molecule has 186 valence electrons. The van der Waals surface area contributed by atoms with Gasteiger partial charge in [0.25, 0.3) is 11.1 Å². The predicted octanol–water partition coefficient (Wildman–Crippen LogP) is 7.97. The molecular formula is C29H21Cl2NO4S. The zero-order valence-electron chi connectivity index (χ0n) is 19.7. The van der Waals surface area contributed by atoms with Crippen molar-refractivity contribution in [3.8, 4) is 11.5 Å². The number of rotatable bonds is 7. The number of amides is 2. The van der Waals surface area contributed by atoms with Gasteiger partial charge >= 0.3 is 0 Å². The molecule has 0 spiro atoms. The SMILES string of the molecule is COc1cccc(/C=C2\SC(=O)N(Cc3cccc4ccccc34)C2=O)c1OCc1ccc(Cl)cc1Cl. The highest BCUT2D eigenvalue weighted by Crippen LogP contribution is 2.39. The summed E-state index contributed by atoms with van der Waals surface area (Å²) in [5.74, 6) is 0.586. The maximum Gasteiger partial charge on any atom is 0.293 e. The summed E-state index contributed by atoms with van der Waals surface area (Å²) in [6.45, 7) is 0.361. The van der Waals surface area contributed by atoms with E-state index in [1.165, 1.54) is 4.90 Å². The van der Waals surface area contributed by atoms with Gasteiger partial charge in [-0.2, -0.15) is 0 Å². The Balaban J connectivity index is 1.42. The number of ether oxygens (including phenoxy) is 2. The van der Waals surface area contributed by atoms with Crippen molar-refractivity contribution in [2.24, 2.45) is 0 Å². The molecule has 1 fully saturated rings. The van der Waals surface area contributed by atoms with Crippen molar-refractivity contribution in [2.75, 3.05) is 7.11 Å². The lowest BCUT2D eigenvalue weighted by atomic mass is 10.0. The second-order valence-corrected chi connectivity index (χ2v) is 10.1. The van der Waals surface area contributed by atoms with Gasteiger partial charge in [0.1, 0.15) is 6.61 Å². The molecule has 0 aliphatic carbocycles. The molecule has 4 aromatic carbocycles. The standard InChI is InChI=1S/C29H21Cl2NO4S/c1-35-25-11-5-8-19(27(25)36-17-21-12-13-22(30)15-24(21)31)14-26-28(33)32(29(34)37-26)16-20-9-4-7-18-6-2-3-10-23(18)20/h2-15H,16-17H2,1H3/b26-14-. The number of hydrogen-bond donors (Lipinski definition) is 0. The molecule has 5 nitrogen and oxygen atoms in total. The number of carbonyl (C=O) groups is 2. The van der Waals surface area contributed by atoms with E-state index in [0.29, 0.717) is 32.0 Å². The van der Waals surface area contributed by atoms with Gasteiger partial charge in [0.15, 0.2) is 11.5 Å². The van der Waals surface area contributed by atoms with Crippen molar-refractivity contribution in [2.45, 2.75) is 13.2 Å². The van der Waals surface area contributed by atoms with Crippen LogP contribution in [-0.4, -0.2) is 23.2 Å². The average Bonchev–Trinajstić information content (AvgIpc) is 3.16. The van der Waals surface area contributed by atoms with E-state index in [0.717, 1.165) is 33.7 Å². The molecular weight excluding hydrogens is 529 g/mol. The maximum absolute atomic E-state index is 13.3. The molecule has 0 aromatic heterocycles. The number of para-hydroxylation sites is 1. The first-order chi connectivity index (χ1) is 17.9. The van der Waals surface area contributed by atoms with Crippen molar-refractivity contribution in [3.63, 3.8) is 0 Å². The first-order valence-electron chi connectivity index (χ1n) is 11.4. The van der Waals surface area contributed by atoms with Crippen molar-refractivity contribution >= 4 is 63.0 Å². The summed E-state index contributed by atoms with van der Waals surface area (Å²) in [4.78, 5) is 27.7. The van der Waals surface area contributed by atoms with E-state index in [1.807, 2.05) is 42.5 Å². The summed E-state index contributed by atoms with van der Waals surface area (Å²) in [5.41, 5.74) is 2.27. The summed E-state index contributed by atoms with van der Waals surface area (Å²) in [5, 5.41) is 2.77. The summed E-state index contributed by atoms with van der Waals surface area (Å²) in [6.07, 6.45) is 1.66. The number of methoxy groups -OCH3 is 1. The van der Waals surface area contributed by atoms with E-state index in [1.54, 1.807) is 49.6 Å². The lowest BCUT2D eigenvalue weighted by Gasteiger charge is -2.15. The third kappa shape index (κ3) is 5.32. The third-order valence-corrected chi connectivity index (χ3v) is 7.48. The van der Waals surface area contributed by atoms with Crippen molar-refractivity contribution in [1.82, 2.24) is 4.90 Å². The smallest absolute Gasteiger partial charge is 0.293 e. The zero-order valence-corrected chi connectivity index (χ0v) is 22.1. The van der Waals surface area contributed by atoms with Crippen LogP contribution in [0.3, 0.4) is 0 Å². The first-order valence-corrected chi connectivity index (χ1v) is 13.0. The van der Waals surface area contributed by atoms with Gasteiger partial charge in [-0.05, 0) is 52.4 Å². The number of carbonyl (C=O) groups excluding carboxylic acids is 2. The Kier molecular flexibility index (Phi) is 7.42. The van der Waals surface area contributed by atoms with Crippen LogP contribution in [0, 0.1) is 0 Å². The Morgan fingerprint density at radius 3 is 2.51 bits per heavy atom. The zero-order chi connectivity index (χ0) is 25.9. The Morgan fingerprint density at radius 2 is 1.70 bits per heavy atom. The van der Waals surface area contributed by atoms with Crippen LogP contribution in [0.2, 0.25) is 10.0 Å². The molecule has 0 radical (unpaired) electrons. The van der Waals surface area contributed by atoms with E-state index in [4.69, 9.17) is 32.7 Å². The van der Waals surface area contributed by atoms with Gasteiger partial charge in [-0.15, -0.1) is 0 Å². The molecule has 0 bridgehead atoms. The summed E-state index contributed by atoms with van der Waals surface area (Å²) >= 11 is 13.2. The van der Waals surface area contributed by atoms with Crippen LogP contribution in [0.1, 0.15) is 16.7 Å². The minimum Gasteiger partial charge on any atom is -0.493 e. The normalized spacial score (nSPS) is 14.6. The lowest BCUT2D eigenvalue weighted by molar-refractivity contribution is -0.123. The molecule has 1 heterocycles. The number of hydrogen-bond acceptors (Lipinski definition) is 5. The maximum atomic E-state index is 13.3. The van der Waals surface area contributed by atoms with Gasteiger partial charge < -0.3 is 9.47 Å². The van der Waals surface area contributed by atoms with Crippen LogP contribution in [0.15, 0.2) is 83.8 Å². The molecule has 1 aliphatic rings. The van der Waals surface area contributed by atoms with Crippen LogP contribution in [0.4, 0.5) is 4.79 Å². The molecule has 8 heteroatoms.